The second-order valence-electron chi connectivity index (χ2n) is 6.67. The van der Waals surface area contributed by atoms with Crippen molar-refractivity contribution in [1.29, 1.82) is 0 Å². The summed E-state index contributed by atoms with van der Waals surface area (Å²) in [5.41, 5.74) is 1.86. The van der Waals surface area contributed by atoms with Crippen LogP contribution >= 0.6 is 11.9 Å². The van der Waals surface area contributed by atoms with Crippen LogP contribution in [0.3, 0.4) is 0 Å². The largest absolute Gasteiger partial charge is 0.352 e. The Morgan fingerprint density at radius 2 is 2.12 bits per heavy atom. The van der Waals surface area contributed by atoms with E-state index >= 15 is 0 Å². The van der Waals surface area contributed by atoms with Crippen molar-refractivity contribution >= 4 is 29.4 Å². The Morgan fingerprint density at radius 1 is 1.28 bits per heavy atom. The van der Waals surface area contributed by atoms with Gasteiger partial charge in [-0.05, 0) is 54.6 Å². The molecule has 1 saturated carbocycles. The Labute approximate surface area is 151 Å². The topological polar surface area (TPSA) is 63.1 Å². The molecule has 0 atom stereocenters. The predicted molar refractivity (Wildman–Crippen MR) is 99.0 cm³/mol. The lowest BCUT2D eigenvalue weighted by molar-refractivity contribution is 0.0950. The molecule has 1 aliphatic heterocycles. The highest BCUT2D eigenvalue weighted by molar-refractivity contribution is 7.98. The van der Waals surface area contributed by atoms with E-state index in [-0.39, 0.29) is 11.8 Å². The summed E-state index contributed by atoms with van der Waals surface area (Å²) in [6.07, 6.45) is 8.14. The fraction of sp³-hybridized carbons (Fsp3) is 0.368. The first-order chi connectivity index (χ1) is 12.2. The Kier molecular flexibility index (Phi) is 4.53. The van der Waals surface area contributed by atoms with Crippen LogP contribution in [0.4, 0.5) is 5.69 Å². The van der Waals surface area contributed by atoms with Gasteiger partial charge < -0.3 is 10.6 Å². The summed E-state index contributed by atoms with van der Waals surface area (Å²) in [4.78, 5) is 25.6. The van der Waals surface area contributed by atoms with Gasteiger partial charge in [0, 0.05) is 18.3 Å². The maximum atomic E-state index is 12.4. The molecule has 2 aliphatic rings. The lowest BCUT2D eigenvalue weighted by Crippen LogP contribution is -2.25. The average Bonchev–Trinajstić information content (AvgIpc) is 3.26. The summed E-state index contributed by atoms with van der Waals surface area (Å²) >= 11 is 1.47. The number of benzene rings is 1. The monoisotopic (exact) mass is 355 g/mol. The first kappa shape index (κ1) is 16.3. The molecule has 0 unspecified atom stereocenters. The number of nitrogens with zero attached hydrogens (tertiary/aromatic N) is 1. The number of hydrogen-bond acceptors (Lipinski definition) is 3. The predicted octanol–water partition coefficient (Wildman–Crippen LogP) is 3.92. The summed E-state index contributed by atoms with van der Waals surface area (Å²) in [5.74, 6) is 0.525. The molecule has 0 bridgehead atoms. The lowest BCUT2D eigenvalue weighted by atomic mass is 10.0. The van der Waals surface area contributed by atoms with Crippen molar-refractivity contribution in [2.24, 2.45) is 5.92 Å². The van der Waals surface area contributed by atoms with Crippen LogP contribution < -0.4 is 10.6 Å². The first-order valence-electron chi connectivity index (χ1n) is 8.80. The summed E-state index contributed by atoms with van der Waals surface area (Å²) in [5, 5.41) is 5.91. The van der Waals surface area contributed by atoms with Crippen molar-refractivity contribution in [2.45, 2.75) is 37.0 Å². The number of carbonyl (C=O) groups excluding carboxylic acids is 2. The summed E-state index contributed by atoms with van der Waals surface area (Å²) in [6, 6.07) is 9.10. The Bertz CT molecular complexity index is 809. The second-order valence-corrected chi connectivity index (χ2v) is 7.69. The number of fused-ring (bicyclic) bond motifs is 2. The van der Waals surface area contributed by atoms with E-state index in [2.05, 4.69) is 10.6 Å². The molecule has 2 heterocycles. The van der Waals surface area contributed by atoms with Gasteiger partial charge in [-0.2, -0.15) is 0 Å². The van der Waals surface area contributed by atoms with Crippen LogP contribution in [0.1, 0.15) is 53.0 Å². The minimum absolute atomic E-state index is 0.0797. The number of amides is 2. The first-order valence-corrected chi connectivity index (χ1v) is 9.57. The smallest absolute Gasteiger partial charge is 0.273 e. The van der Waals surface area contributed by atoms with Gasteiger partial charge >= 0.3 is 0 Å². The molecule has 2 N–H and O–H groups in total. The lowest BCUT2D eigenvalue weighted by Gasteiger charge is -2.11. The van der Waals surface area contributed by atoms with Gasteiger partial charge in [-0.1, -0.05) is 25.7 Å². The standard InChI is InChI=1S/C19H21N3O2S/c23-18(20-10-9-13-4-1-2-5-13)14-7-8-17-15(12-14)21-19(24)16-6-3-11-22(16)25-17/h3,6-8,11-13H,1-2,4-5,9-10H2,(H,20,23)(H,21,24). The van der Waals surface area contributed by atoms with Crippen LogP contribution in [0.5, 0.6) is 0 Å². The van der Waals surface area contributed by atoms with E-state index in [1.54, 1.807) is 12.1 Å². The average molecular weight is 355 g/mol. The maximum absolute atomic E-state index is 12.4. The summed E-state index contributed by atoms with van der Waals surface area (Å²) < 4.78 is 1.84. The quantitative estimate of drug-likeness (QED) is 0.874. The van der Waals surface area contributed by atoms with Crippen LogP contribution in [-0.4, -0.2) is 22.3 Å². The van der Waals surface area contributed by atoms with E-state index in [1.807, 2.05) is 28.4 Å². The van der Waals surface area contributed by atoms with Gasteiger partial charge in [-0.15, -0.1) is 0 Å². The van der Waals surface area contributed by atoms with E-state index in [4.69, 9.17) is 0 Å². The van der Waals surface area contributed by atoms with Gasteiger partial charge in [-0.25, -0.2) is 0 Å². The molecule has 1 aliphatic carbocycles. The van der Waals surface area contributed by atoms with Crippen molar-refractivity contribution < 1.29 is 9.59 Å². The number of hydrogen-bond donors (Lipinski definition) is 2. The summed E-state index contributed by atoms with van der Waals surface area (Å²) in [6.45, 7) is 0.715. The van der Waals surface area contributed by atoms with Crippen LogP contribution in [-0.2, 0) is 0 Å². The Hall–Kier alpha value is -2.21. The van der Waals surface area contributed by atoms with Gasteiger partial charge in [0.25, 0.3) is 11.8 Å². The highest BCUT2D eigenvalue weighted by Crippen LogP contribution is 2.34. The summed E-state index contributed by atoms with van der Waals surface area (Å²) in [7, 11) is 0. The molecule has 25 heavy (non-hydrogen) atoms. The number of carbonyl (C=O) groups is 2. The van der Waals surface area contributed by atoms with E-state index in [0.29, 0.717) is 23.5 Å². The fourth-order valence-corrected chi connectivity index (χ4v) is 4.48. The number of aromatic nitrogens is 1. The van der Waals surface area contributed by atoms with Crippen molar-refractivity contribution in [1.82, 2.24) is 9.29 Å². The third-order valence-corrected chi connectivity index (χ3v) is 6.01. The molecule has 4 rings (SSSR count). The van der Waals surface area contributed by atoms with Crippen LogP contribution in [0, 0.1) is 5.92 Å². The highest BCUT2D eigenvalue weighted by atomic mass is 32.2. The fourth-order valence-electron chi connectivity index (χ4n) is 3.55. The molecule has 6 heteroatoms. The normalized spacial score (nSPS) is 16.7. The molecule has 0 radical (unpaired) electrons. The molecule has 2 amide bonds. The van der Waals surface area contributed by atoms with E-state index in [0.717, 1.165) is 17.2 Å². The zero-order valence-corrected chi connectivity index (χ0v) is 14.8. The van der Waals surface area contributed by atoms with Gasteiger partial charge in [0.2, 0.25) is 0 Å². The van der Waals surface area contributed by atoms with Gasteiger partial charge in [0.05, 0.1) is 10.6 Å². The molecular formula is C19H21N3O2S. The minimum atomic E-state index is -0.157. The molecule has 5 nitrogen and oxygen atoms in total. The Balaban J connectivity index is 1.44. The van der Waals surface area contributed by atoms with Crippen molar-refractivity contribution in [3.05, 3.63) is 47.8 Å². The number of rotatable bonds is 4. The van der Waals surface area contributed by atoms with Gasteiger partial charge in [-0.3, -0.25) is 13.6 Å². The van der Waals surface area contributed by atoms with E-state index < -0.39 is 0 Å². The third-order valence-electron chi connectivity index (χ3n) is 4.95. The highest BCUT2D eigenvalue weighted by Gasteiger charge is 2.21. The van der Waals surface area contributed by atoms with Gasteiger partial charge in [0.15, 0.2) is 0 Å². The van der Waals surface area contributed by atoms with E-state index in [9.17, 15) is 9.59 Å². The zero-order valence-electron chi connectivity index (χ0n) is 14.0. The van der Waals surface area contributed by atoms with Crippen molar-refractivity contribution in [3.63, 3.8) is 0 Å². The molecule has 1 fully saturated rings. The van der Waals surface area contributed by atoms with Crippen molar-refractivity contribution in [3.8, 4) is 0 Å². The third kappa shape index (κ3) is 3.44. The second kappa shape index (κ2) is 6.96. The molecular weight excluding hydrogens is 334 g/mol. The molecule has 0 spiro atoms. The van der Waals surface area contributed by atoms with E-state index in [1.165, 1.54) is 37.6 Å². The Morgan fingerprint density at radius 3 is 2.96 bits per heavy atom. The SMILES string of the molecule is O=C(NCCC1CCCC1)c1ccc2c(c1)NC(=O)c1cccn1S2. The number of anilines is 1. The maximum Gasteiger partial charge on any atom is 0.273 e. The molecule has 0 saturated heterocycles. The minimum Gasteiger partial charge on any atom is -0.352 e. The van der Waals surface area contributed by atoms with Gasteiger partial charge in [0.1, 0.15) is 5.69 Å². The van der Waals surface area contributed by atoms with Crippen molar-refractivity contribution in [2.75, 3.05) is 11.9 Å². The van der Waals surface area contributed by atoms with Crippen LogP contribution in [0.15, 0.2) is 41.4 Å². The van der Waals surface area contributed by atoms with Crippen LogP contribution in [0.25, 0.3) is 0 Å². The molecule has 1 aromatic heterocycles. The molecule has 130 valence electrons. The molecule has 2 aromatic rings. The zero-order chi connectivity index (χ0) is 17.2. The molecule has 1 aromatic carbocycles. The number of nitrogens with one attached hydrogen (secondary N) is 2. The van der Waals surface area contributed by atoms with Crippen LogP contribution in [0.2, 0.25) is 0 Å².